The number of hydrogen-bond acceptors (Lipinski definition) is 3. The van der Waals surface area contributed by atoms with Crippen LogP contribution in [0.2, 0.25) is 8.35 Å². The van der Waals surface area contributed by atoms with Crippen LogP contribution in [-0.2, 0) is 4.79 Å². The van der Waals surface area contributed by atoms with Gasteiger partial charge in [0.15, 0.2) is 0 Å². The Balaban J connectivity index is 2.05. The monoisotopic (exact) mass is 259 g/mol. The summed E-state index contributed by atoms with van der Waals surface area (Å²) < 4.78 is 3.74. The van der Waals surface area contributed by atoms with Crippen molar-refractivity contribution in [2.24, 2.45) is 0 Å². The van der Waals surface area contributed by atoms with Gasteiger partial charge in [-0.2, -0.15) is 0 Å². The maximum absolute atomic E-state index is 11.1. The summed E-state index contributed by atoms with van der Waals surface area (Å²) in [5, 5.41) is 4.60. The summed E-state index contributed by atoms with van der Waals surface area (Å²) in [6.45, 7) is 1.09. The molecule has 0 aromatic carbocycles. The quantitative estimate of drug-likeness (QED) is 0.676. The van der Waals surface area contributed by atoms with Crippen LogP contribution in [0.5, 0.6) is 0 Å². The number of carbonyl (C=O) groups excluding carboxylic acids is 1. The maximum atomic E-state index is 11.1. The fourth-order valence-corrected chi connectivity index (χ4v) is 14.5. The van der Waals surface area contributed by atoms with E-state index in [9.17, 15) is 4.79 Å². The molecule has 2 bridgehead atoms. The summed E-state index contributed by atoms with van der Waals surface area (Å²) in [5.41, 5.74) is 0. The van der Waals surface area contributed by atoms with E-state index in [-0.39, 0.29) is 0 Å². The van der Waals surface area contributed by atoms with Crippen LogP contribution in [0.4, 0.5) is 0 Å². The topological polar surface area (TPSA) is 29.1 Å². The molecule has 4 heteroatoms. The molecule has 0 radical (unpaired) electrons. The zero-order valence-electron chi connectivity index (χ0n) is 5.80. The van der Waals surface area contributed by atoms with Crippen molar-refractivity contribution in [2.45, 2.75) is 13.6 Å². The van der Waals surface area contributed by atoms with Gasteiger partial charge in [-0.25, -0.2) is 0 Å². The first kappa shape index (κ1) is 7.50. The van der Waals surface area contributed by atoms with Gasteiger partial charge in [-0.1, -0.05) is 0 Å². The van der Waals surface area contributed by atoms with Crippen molar-refractivity contribution in [3.63, 3.8) is 0 Å². The molecule has 2 nitrogen and oxygen atoms in total. The van der Waals surface area contributed by atoms with Gasteiger partial charge in [0, 0.05) is 0 Å². The molecule has 10 heavy (non-hydrogen) atoms. The van der Waals surface area contributed by atoms with Crippen LogP contribution in [0.3, 0.4) is 0 Å². The van der Waals surface area contributed by atoms with Crippen molar-refractivity contribution < 1.29 is 4.79 Å². The average molecular weight is 259 g/mol. The number of carbonyl (C=O) groups is 1. The molecule has 2 saturated heterocycles. The van der Waals surface area contributed by atoms with Crippen molar-refractivity contribution in [3.05, 3.63) is 0 Å². The van der Waals surface area contributed by atoms with Crippen LogP contribution in [0.15, 0.2) is 0 Å². The van der Waals surface area contributed by atoms with Crippen LogP contribution in [0.25, 0.3) is 0 Å². The van der Waals surface area contributed by atoms with Crippen LogP contribution in [-0.4, -0.2) is 42.6 Å². The van der Waals surface area contributed by atoms with Gasteiger partial charge >= 0.3 is 72.9 Å². The van der Waals surface area contributed by atoms with Crippen molar-refractivity contribution in [3.8, 4) is 0 Å². The fraction of sp³-hybridized carbons (Fsp3) is 0.833. The van der Waals surface area contributed by atoms with Crippen molar-refractivity contribution >= 4 is 38.3 Å². The van der Waals surface area contributed by atoms with Gasteiger partial charge < -0.3 is 0 Å². The molecule has 54 valence electrons. The third kappa shape index (κ3) is 1.53. The molecule has 0 aromatic heterocycles. The fourth-order valence-electron chi connectivity index (χ4n) is 1.70. The second kappa shape index (κ2) is 3.07. The molecule has 0 amide bonds. The Hall–Kier alpha value is 0.850. The van der Waals surface area contributed by atoms with Gasteiger partial charge in [-0.05, 0) is 0 Å². The van der Waals surface area contributed by atoms with E-state index >= 15 is 0 Å². The Morgan fingerprint density at radius 1 is 1.70 bits per heavy atom. The van der Waals surface area contributed by atoms with Crippen LogP contribution in [0, 0.1) is 0 Å². The molecule has 0 spiro atoms. The van der Waals surface area contributed by atoms with E-state index in [0.717, 1.165) is 10.7 Å². The Morgan fingerprint density at radius 3 is 3.40 bits per heavy atom. The number of fused-ring (bicyclic) bond motifs is 2. The first-order valence-corrected chi connectivity index (χ1v) is 11.6. The van der Waals surface area contributed by atoms with Crippen molar-refractivity contribution in [1.82, 2.24) is 5.32 Å². The minimum atomic E-state index is -1.26. The number of thioether (sulfide) groups is 1. The van der Waals surface area contributed by atoms with Gasteiger partial charge in [0.25, 0.3) is 0 Å². The first-order chi connectivity index (χ1) is 4.84. The van der Waals surface area contributed by atoms with Gasteiger partial charge in [0.05, 0.1) is 0 Å². The van der Waals surface area contributed by atoms with Crippen molar-refractivity contribution in [2.75, 3.05) is 10.8 Å². The molecular weight excluding hydrogens is 249 g/mol. The van der Waals surface area contributed by atoms with Gasteiger partial charge in [0.1, 0.15) is 0 Å². The standard InChI is InChI=1S/C6H10NOS.In/c1-5(4-7-3)9-6(2)8;/h5,7H,1-4H2;. The molecule has 0 aliphatic carbocycles. The van der Waals surface area contributed by atoms with Crippen LogP contribution >= 0.6 is 11.8 Å². The predicted molar refractivity (Wildman–Crippen MR) is 44.6 cm³/mol. The minimum absolute atomic E-state index is 0.499. The van der Waals surface area contributed by atoms with E-state index < -0.39 is 21.4 Å². The molecule has 2 rings (SSSR count). The summed E-state index contributed by atoms with van der Waals surface area (Å²) in [6, 6.07) is 0. The van der Waals surface area contributed by atoms with E-state index in [1.807, 2.05) is 0 Å². The van der Waals surface area contributed by atoms with E-state index in [0.29, 0.717) is 10.4 Å². The molecular formula is C6H10InNOS. The predicted octanol–water partition coefficient (Wildman–Crippen LogP) is 0.266. The summed E-state index contributed by atoms with van der Waals surface area (Å²) in [6.07, 6.45) is 0. The van der Waals surface area contributed by atoms with Crippen molar-refractivity contribution in [1.29, 1.82) is 0 Å². The van der Waals surface area contributed by atoms with E-state index in [2.05, 4.69) is 5.32 Å². The third-order valence-corrected chi connectivity index (χ3v) is 13.8. The van der Waals surface area contributed by atoms with Gasteiger partial charge in [0.2, 0.25) is 0 Å². The van der Waals surface area contributed by atoms with Crippen LogP contribution in [0.1, 0.15) is 0 Å². The zero-order chi connectivity index (χ0) is 6.97. The molecule has 1 atom stereocenters. The summed E-state index contributed by atoms with van der Waals surface area (Å²) in [4.78, 5) is 11.1. The zero-order valence-corrected chi connectivity index (χ0v) is 9.91. The molecule has 1 N–H and O–H groups in total. The molecule has 2 fully saturated rings. The molecule has 2 heterocycles. The van der Waals surface area contributed by atoms with E-state index in [1.54, 1.807) is 11.8 Å². The Morgan fingerprint density at radius 2 is 2.60 bits per heavy atom. The summed E-state index contributed by atoms with van der Waals surface area (Å²) in [7, 11) is 0. The van der Waals surface area contributed by atoms with E-state index in [4.69, 9.17) is 0 Å². The van der Waals surface area contributed by atoms with Gasteiger partial charge in [-0.3, -0.25) is 0 Å². The summed E-state index contributed by atoms with van der Waals surface area (Å²) >= 11 is 0.331. The normalized spacial score (nSPS) is 32.6. The molecule has 2 aliphatic rings. The second-order valence-corrected chi connectivity index (χ2v) is 13.1. The molecule has 0 aromatic rings. The molecule has 1 unspecified atom stereocenters. The summed E-state index contributed by atoms with van der Waals surface area (Å²) in [5.74, 6) is 0. The van der Waals surface area contributed by atoms with Gasteiger partial charge in [-0.15, -0.1) is 0 Å². The SMILES string of the molecule is O=C1[CH2][In]2[CH2]NCC([CH2]2)S1. The van der Waals surface area contributed by atoms with Crippen LogP contribution < -0.4 is 5.32 Å². The van der Waals surface area contributed by atoms with E-state index in [1.165, 1.54) is 8.48 Å². The Bertz CT molecular complexity index is 150. The third-order valence-electron chi connectivity index (χ3n) is 2.15. The molecule has 0 saturated carbocycles. The number of nitrogens with one attached hydrogen (secondary N) is 1. The number of rotatable bonds is 0. The number of hydrogen-bond donors (Lipinski definition) is 1. The molecule has 2 aliphatic heterocycles. The average Bonchev–Trinajstić information content (AvgIpc) is 1.85. The first-order valence-electron chi connectivity index (χ1n) is 3.75. The second-order valence-electron chi connectivity index (χ2n) is 3.08. The Labute approximate surface area is 72.7 Å². The Kier molecular flexibility index (Phi) is 2.30.